The van der Waals surface area contributed by atoms with E-state index in [1.54, 1.807) is 0 Å². The number of hydrogen-bond acceptors (Lipinski definition) is 3. The second-order valence-electron chi connectivity index (χ2n) is 5.44. The van der Waals surface area contributed by atoms with Crippen molar-refractivity contribution in [3.05, 3.63) is 0 Å². The van der Waals surface area contributed by atoms with Crippen molar-refractivity contribution in [1.29, 1.82) is 0 Å². The fourth-order valence-electron chi connectivity index (χ4n) is 2.78. The van der Waals surface area contributed by atoms with Gasteiger partial charge in [-0.15, -0.1) is 0 Å². The summed E-state index contributed by atoms with van der Waals surface area (Å²) in [7, 11) is 0. The number of hydrogen-bond donors (Lipinski definition) is 0. The molecule has 0 aromatic carbocycles. The number of rotatable bonds is 6. The first-order valence-corrected chi connectivity index (χ1v) is 6.71. The van der Waals surface area contributed by atoms with E-state index in [1.807, 2.05) is 0 Å². The highest BCUT2D eigenvalue weighted by Gasteiger charge is 2.46. The first-order chi connectivity index (χ1) is 7.96. The quantitative estimate of drug-likeness (QED) is 0.528. The van der Waals surface area contributed by atoms with Gasteiger partial charge in [0.25, 0.3) is 0 Å². The van der Waals surface area contributed by atoms with Crippen LogP contribution in [0.5, 0.6) is 0 Å². The molecule has 0 aromatic heterocycles. The van der Waals surface area contributed by atoms with Crippen molar-refractivity contribution < 1.29 is 14.3 Å². The molecule has 0 amide bonds. The lowest BCUT2D eigenvalue weighted by Gasteiger charge is -2.35. The van der Waals surface area contributed by atoms with Crippen LogP contribution in [0.25, 0.3) is 0 Å². The van der Waals surface area contributed by atoms with Gasteiger partial charge in [0.1, 0.15) is 0 Å². The molecular formula is C14H24O3. The number of ether oxygens (including phenoxy) is 1. The molecule has 2 unspecified atom stereocenters. The Morgan fingerprint density at radius 3 is 2.24 bits per heavy atom. The summed E-state index contributed by atoms with van der Waals surface area (Å²) >= 11 is 0. The molecule has 3 nitrogen and oxygen atoms in total. The van der Waals surface area contributed by atoms with E-state index in [2.05, 4.69) is 27.7 Å². The minimum absolute atomic E-state index is 0.0973. The summed E-state index contributed by atoms with van der Waals surface area (Å²) in [6.07, 6.45) is 4.44. The third-order valence-electron chi connectivity index (χ3n) is 4.43. The second kappa shape index (κ2) is 5.65. The molecule has 98 valence electrons. The maximum atomic E-state index is 11.7. The highest BCUT2D eigenvalue weighted by Crippen LogP contribution is 2.43. The summed E-state index contributed by atoms with van der Waals surface area (Å²) in [5.74, 6) is -0.279. The molecule has 1 aliphatic heterocycles. The maximum Gasteiger partial charge on any atom is 0.317 e. The van der Waals surface area contributed by atoms with Crippen molar-refractivity contribution in [2.75, 3.05) is 0 Å². The Balaban J connectivity index is 2.80. The maximum absolute atomic E-state index is 11.7. The largest absolute Gasteiger partial charge is 0.393 e. The summed E-state index contributed by atoms with van der Waals surface area (Å²) in [4.78, 5) is 22.9. The van der Waals surface area contributed by atoms with E-state index in [0.29, 0.717) is 5.92 Å². The van der Waals surface area contributed by atoms with Gasteiger partial charge >= 0.3 is 11.9 Å². The van der Waals surface area contributed by atoms with Gasteiger partial charge in [0.2, 0.25) is 0 Å². The molecule has 0 saturated carbocycles. The van der Waals surface area contributed by atoms with Crippen molar-refractivity contribution in [2.24, 2.45) is 17.3 Å². The lowest BCUT2D eigenvalue weighted by molar-refractivity contribution is -0.154. The topological polar surface area (TPSA) is 43.4 Å². The molecule has 0 aromatic rings. The summed E-state index contributed by atoms with van der Waals surface area (Å²) in [5, 5.41) is 0. The SMILES string of the molecule is CCC(CC)CC(C)(CC)C1CC(=O)OC1=O. The van der Waals surface area contributed by atoms with Crippen LogP contribution in [0.1, 0.15) is 59.8 Å². The summed E-state index contributed by atoms with van der Waals surface area (Å²) in [6, 6.07) is 0. The van der Waals surface area contributed by atoms with Gasteiger partial charge in [-0.25, -0.2) is 0 Å². The van der Waals surface area contributed by atoms with Gasteiger partial charge in [-0.05, 0) is 24.2 Å². The first kappa shape index (κ1) is 14.2. The fraction of sp³-hybridized carbons (Fsp3) is 0.857. The van der Waals surface area contributed by atoms with Gasteiger partial charge in [0, 0.05) is 0 Å². The van der Waals surface area contributed by atoms with Gasteiger partial charge in [0.05, 0.1) is 12.3 Å². The molecule has 0 bridgehead atoms. The molecule has 0 radical (unpaired) electrons. The molecule has 0 spiro atoms. The summed E-state index contributed by atoms with van der Waals surface area (Å²) < 4.78 is 4.69. The highest BCUT2D eigenvalue weighted by molar-refractivity contribution is 5.95. The van der Waals surface area contributed by atoms with E-state index in [-0.39, 0.29) is 29.7 Å². The smallest absolute Gasteiger partial charge is 0.317 e. The third-order valence-corrected chi connectivity index (χ3v) is 4.43. The van der Waals surface area contributed by atoms with Crippen molar-refractivity contribution >= 4 is 11.9 Å². The molecule has 2 atom stereocenters. The Kier molecular flexibility index (Phi) is 4.72. The molecule has 1 saturated heterocycles. The van der Waals surface area contributed by atoms with E-state index < -0.39 is 0 Å². The van der Waals surface area contributed by atoms with Gasteiger partial charge < -0.3 is 4.74 Å². The lowest BCUT2D eigenvalue weighted by atomic mass is 9.68. The number of carbonyl (C=O) groups is 2. The van der Waals surface area contributed by atoms with E-state index in [0.717, 1.165) is 25.7 Å². The van der Waals surface area contributed by atoms with Crippen LogP contribution in [-0.2, 0) is 14.3 Å². The zero-order valence-corrected chi connectivity index (χ0v) is 11.4. The molecule has 0 N–H and O–H groups in total. The van der Waals surface area contributed by atoms with Gasteiger partial charge in [-0.1, -0.05) is 40.5 Å². The normalized spacial score (nSPS) is 23.9. The van der Waals surface area contributed by atoms with Crippen molar-refractivity contribution in [3.8, 4) is 0 Å². The van der Waals surface area contributed by atoms with Crippen LogP contribution in [-0.4, -0.2) is 11.9 Å². The molecule has 0 aliphatic carbocycles. The Morgan fingerprint density at radius 1 is 1.29 bits per heavy atom. The van der Waals surface area contributed by atoms with Crippen LogP contribution in [0, 0.1) is 17.3 Å². The molecule has 17 heavy (non-hydrogen) atoms. The molecule has 1 aliphatic rings. The van der Waals surface area contributed by atoms with Crippen LogP contribution < -0.4 is 0 Å². The Morgan fingerprint density at radius 2 is 1.88 bits per heavy atom. The molecule has 3 heteroatoms. The monoisotopic (exact) mass is 240 g/mol. The van der Waals surface area contributed by atoms with Crippen molar-refractivity contribution in [2.45, 2.75) is 59.8 Å². The predicted octanol–water partition coefficient (Wildman–Crippen LogP) is 3.32. The van der Waals surface area contributed by atoms with Gasteiger partial charge in [-0.3, -0.25) is 9.59 Å². The standard InChI is InChI=1S/C14H24O3/c1-5-10(6-2)9-14(4,7-3)11-8-12(15)17-13(11)16/h10-11H,5-9H2,1-4H3. The van der Waals surface area contributed by atoms with E-state index in [4.69, 9.17) is 4.74 Å². The average molecular weight is 240 g/mol. The lowest BCUT2D eigenvalue weighted by Crippen LogP contribution is -2.32. The summed E-state index contributed by atoms with van der Waals surface area (Å²) in [6.45, 7) is 8.58. The number of cyclic esters (lactones) is 2. The van der Waals surface area contributed by atoms with E-state index in [1.165, 1.54) is 0 Å². The zero-order valence-electron chi connectivity index (χ0n) is 11.4. The first-order valence-electron chi connectivity index (χ1n) is 6.71. The van der Waals surface area contributed by atoms with Crippen LogP contribution in [0.3, 0.4) is 0 Å². The number of carbonyl (C=O) groups excluding carboxylic acids is 2. The minimum Gasteiger partial charge on any atom is -0.393 e. The second-order valence-corrected chi connectivity index (χ2v) is 5.44. The highest BCUT2D eigenvalue weighted by atomic mass is 16.6. The predicted molar refractivity (Wildman–Crippen MR) is 66.3 cm³/mol. The third kappa shape index (κ3) is 3.08. The van der Waals surface area contributed by atoms with Crippen LogP contribution in [0.2, 0.25) is 0 Å². The van der Waals surface area contributed by atoms with Crippen molar-refractivity contribution in [3.63, 3.8) is 0 Å². The van der Waals surface area contributed by atoms with Crippen molar-refractivity contribution in [1.82, 2.24) is 0 Å². The Hall–Kier alpha value is -0.860. The zero-order chi connectivity index (χ0) is 13.1. The van der Waals surface area contributed by atoms with E-state index in [9.17, 15) is 9.59 Å². The van der Waals surface area contributed by atoms with Crippen LogP contribution >= 0.6 is 0 Å². The fourth-order valence-corrected chi connectivity index (χ4v) is 2.78. The van der Waals surface area contributed by atoms with E-state index >= 15 is 0 Å². The number of esters is 2. The Labute approximate surface area is 104 Å². The van der Waals surface area contributed by atoms with Gasteiger partial charge in [0.15, 0.2) is 0 Å². The molecule has 1 fully saturated rings. The summed E-state index contributed by atoms with van der Waals surface area (Å²) in [5.41, 5.74) is -0.0973. The Bertz CT molecular complexity index is 294. The minimum atomic E-state index is -0.357. The molecule has 1 heterocycles. The average Bonchev–Trinajstić information content (AvgIpc) is 2.65. The van der Waals surface area contributed by atoms with Crippen LogP contribution in [0.15, 0.2) is 0 Å². The van der Waals surface area contributed by atoms with Gasteiger partial charge in [-0.2, -0.15) is 0 Å². The molecule has 1 rings (SSSR count). The van der Waals surface area contributed by atoms with Crippen LogP contribution in [0.4, 0.5) is 0 Å². The molecular weight excluding hydrogens is 216 g/mol.